The quantitative estimate of drug-likeness (QED) is 0.728. The van der Waals surface area contributed by atoms with E-state index in [1.807, 2.05) is 26.8 Å². The normalized spacial score (nSPS) is 42.4. The van der Waals surface area contributed by atoms with Crippen LogP contribution in [-0.4, -0.2) is 23.0 Å². The zero-order chi connectivity index (χ0) is 18.1. The molecule has 0 heterocycles. The summed E-state index contributed by atoms with van der Waals surface area (Å²) < 4.78 is 15.0. The van der Waals surface area contributed by atoms with E-state index in [2.05, 4.69) is 6.08 Å². The summed E-state index contributed by atoms with van der Waals surface area (Å²) in [6.45, 7) is 5.91. The van der Waals surface area contributed by atoms with E-state index in [1.54, 1.807) is 0 Å². The number of allylic oxidation sites excluding steroid dienone is 7. The predicted octanol–water partition coefficient (Wildman–Crippen LogP) is 4.17. The van der Waals surface area contributed by atoms with E-state index in [9.17, 15) is 14.7 Å². The first-order chi connectivity index (χ1) is 11.7. The molecule has 132 valence electrons. The molecular weight excluding hydrogens is 319 g/mol. The molecule has 0 aromatic heterocycles. The standard InChI is InChI=1S/C21H23FO3/c1-11-8-15-13-10-17(22)16-9-12(23)4-6-20(16,2)14(13)5-7-21(15,3)18(11)19(24)25/h4-6,9,13,15,17H,7-8,10H2,1-3H3,(H,24,25)/t13-,15+,17+,20-,21+/m1/s1. The molecule has 0 aromatic carbocycles. The summed E-state index contributed by atoms with van der Waals surface area (Å²) in [5.74, 6) is -0.870. The Balaban J connectivity index is 1.82. The van der Waals surface area contributed by atoms with E-state index < -0.39 is 23.0 Å². The van der Waals surface area contributed by atoms with E-state index >= 15 is 4.39 Å². The van der Waals surface area contributed by atoms with Crippen molar-refractivity contribution in [1.29, 1.82) is 0 Å². The molecule has 25 heavy (non-hydrogen) atoms. The number of ketones is 1. The third-order valence-corrected chi connectivity index (χ3v) is 7.06. The molecular formula is C21H23FO3. The molecule has 1 saturated carbocycles. The van der Waals surface area contributed by atoms with Crippen molar-refractivity contribution in [2.75, 3.05) is 0 Å². The second-order valence-corrected chi connectivity index (χ2v) is 8.40. The molecule has 4 aliphatic rings. The Morgan fingerprint density at radius 1 is 1.32 bits per heavy atom. The lowest BCUT2D eigenvalue weighted by Gasteiger charge is -2.52. The van der Waals surface area contributed by atoms with Gasteiger partial charge in [0.1, 0.15) is 6.17 Å². The molecule has 5 atom stereocenters. The fraction of sp³-hybridized carbons (Fsp3) is 0.524. The van der Waals surface area contributed by atoms with Gasteiger partial charge >= 0.3 is 5.97 Å². The molecule has 0 amide bonds. The summed E-state index contributed by atoms with van der Waals surface area (Å²) in [5, 5.41) is 9.69. The SMILES string of the molecule is CC1=C(C(=O)O)[C@@]2(C)CC=C3[C@@H](C[C@H](F)C4=CC(=O)C=C[C@]34C)[C@@H]2C1. The van der Waals surface area contributed by atoms with Crippen molar-refractivity contribution < 1.29 is 19.1 Å². The molecule has 1 N–H and O–H groups in total. The maximum atomic E-state index is 15.0. The van der Waals surface area contributed by atoms with E-state index in [0.717, 1.165) is 5.57 Å². The van der Waals surface area contributed by atoms with Crippen molar-refractivity contribution >= 4 is 11.8 Å². The van der Waals surface area contributed by atoms with Gasteiger partial charge in [-0.2, -0.15) is 0 Å². The van der Waals surface area contributed by atoms with Crippen LogP contribution in [0.15, 0.2) is 46.6 Å². The van der Waals surface area contributed by atoms with Gasteiger partial charge in [-0.3, -0.25) is 4.79 Å². The number of aliphatic carboxylic acids is 1. The number of carboxylic acid groups (broad SMARTS) is 1. The van der Waals surface area contributed by atoms with Gasteiger partial charge in [0, 0.05) is 16.4 Å². The maximum absolute atomic E-state index is 15.0. The number of carbonyl (C=O) groups is 2. The topological polar surface area (TPSA) is 54.4 Å². The van der Waals surface area contributed by atoms with Crippen molar-refractivity contribution in [2.24, 2.45) is 22.7 Å². The Kier molecular flexibility index (Phi) is 3.32. The second-order valence-electron chi connectivity index (χ2n) is 8.40. The van der Waals surface area contributed by atoms with Gasteiger partial charge in [0.15, 0.2) is 5.78 Å². The first-order valence-electron chi connectivity index (χ1n) is 8.92. The number of alkyl halides is 1. The first kappa shape index (κ1) is 16.5. The van der Waals surface area contributed by atoms with Crippen LogP contribution in [0, 0.1) is 22.7 Å². The molecule has 4 aliphatic carbocycles. The van der Waals surface area contributed by atoms with E-state index in [0.29, 0.717) is 30.4 Å². The Hall–Kier alpha value is -1.97. The van der Waals surface area contributed by atoms with Crippen molar-refractivity contribution in [3.05, 3.63) is 46.6 Å². The highest BCUT2D eigenvalue weighted by Crippen LogP contribution is 2.63. The fourth-order valence-corrected chi connectivity index (χ4v) is 5.90. The maximum Gasteiger partial charge on any atom is 0.332 e. The third-order valence-electron chi connectivity index (χ3n) is 7.06. The van der Waals surface area contributed by atoms with Crippen LogP contribution in [0.2, 0.25) is 0 Å². The number of rotatable bonds is 1. The Labute approximate surface area is 147 Å². The largest absolute Gasteiger partial charge is 0.478 e. The molecule has 0 radical (unpaired) electrons. The lowest BCUT2D eigenvalue weighted by atomic mass is 9.52. The lowest BCUT2D eigenvalue weighted by molar-refractivity contribution is -0.134. The molecule has 0 aliphatic heterocycles. The summed E-state index contributed by atoms with van der Waals surface area (Å²) in [6, 6.07) is 0. The smallest absolute Gasteiger partial charge is 0.332 e. The zero-order valence-corrected chi connectivity index (χ0v) is 14.8. The summed E-state index contributed by atoms with van der Waals surface area (Å²) in [7, 11) is 0. The third kappa shape index (κ3) is 2.03. The Morgan fingerprint density at radius 2 is 2.04 bits per heavy atom. The number of fused-ring (bicyclic) bond motifs is 5. The first-order valence-corrected chi connectivity index (χ1v) is 8.92. The molecule has 4 rings (SSSR count). The minimum absolute atomic E-state index is 0.0144. The number of hydrogen-bond acceptors (Lipinski definition) is 2. The number of carbonyl (C=O) groups excluding carboxylic acids is 1. The zero-order valence-electron chi connectivity index (χ0n) is 14.8. The summed E-state index contributed by atoms with van der Waals surface area (Å²) in [6.07, 6.45) is 7.51. The van der Waals surface area contributed by atoms with Gasteiger partial charge in [-0.05, 0) is 62.7 Å². The molecule has 0 saturated heterocycles. The fourth-order valence-electron chi connectivity index (χ4n) is 5.90. The van der Waals surface area contributed by atoms with Crippen molar-refractivity contribution in [3.63, 3.8) is 0 Å². The van der Waals surface area contributed by atoms with Gasteiger partial charge in [0.05, 0.1) is 0 Å². The number of carboxylic acids is 1. The van der Waals surface area contributed by atoms with Crippen LogP contribution in [0.1, 0.15) is 40.0 Å². The number of halogens is 1. The van der Waals surface area contributed by atoms with Crippen molar-refractivity contribution in [3.8, 4) is 0 Å². The molecule has 0 spiro atoms. The molecule has 3 nitrogen and oxygen atoms in total. The van der Waals surface area contributed by atoms with Gasteiger partial charge in [0.25, 0.3) is 0 Å². The predicted molar refractivity (Wildman–Crippen MR) is 92.6 cm³/mol. The highest BCUT2D eigenvalue weighted by atomic mass is 19.1. The van der Waals surface area contributed by atoms with Crippen LogP contribution in [0.25, 0.3) is 0 Å². The second kappa shape index (κ2) is 5.03. The van der Waals surface area contributed by atoms with E-state index in [-0.39, 0.29) is 17.6 Å². The van der Waals surface area contributed by atoms with Gasteiger partial charge in [-0.1, -0.05) is 30.2 Å². The minimum atomic E-state index is -1.16. The Bertz CT molecular complexity index is 815. The van der Waals surface area contributed by atoms with Crippen LogP contribution in [0.4, 0.5) is 4.39 Å². The minimum Gasteiger partial charge on any atom is -0.478 e. The average Bonchev–Trinajstić information content (AvgIpc) is 2.80. The lowest BCUT2D eigenvalue weighted by Crippen LogP contribution is -2.46. The average molecular weight is 342 g/mol. The van der Waals surface area contributed by atoms with Crippen molar-refractivity contribution in [1.82, 2.24) is 0 Å². The van der Waals surface area contributed by atoms with E-state index in [4.69, 9.17) is 0 Å². The van der Waals surface area contributed by atoms with Crippen LogP contribution in [0.5, 0.6) is 0 Å². The molecule has 0 bridgehead atoms. The number of hydrogen-bond donors (Lipinski definition) is 1. The summed E-state index contributed by atoms with van der Waals surface area (Å²) in [4.78, 5) is 23.6. The monoisotopic (exact) mass is 342 g/mol. The van der Waals surface area contributed by atoms with Gasteiger partial charge < -0.3 is 5.11 Å². The molecule has 1 fully saturated rings. The van der Waals surface area contributed by atoms with Crippen LogP contribution in [0.3, 0.4) is 0 Å². The van der Waals surface area contributed by atoms with Crippen LogP contribution < -0.4 is 0 Å². The Morgan fingerprint density at radius 3 is 2.72 bits per heavy atom. The molecule has 0 unspecified atom stereocenters. The van der Waals surface area contributed by atoms with E-state index in [1.165, 1.54) is 17.7 Å². The molecule has 4 heteroatoms. The highest BCUT2D eigenvalue weighted by molar-refractivity contribution is 6.01. The van der Waals surface area contributed by atoms with Crippen LogP contribution in [-0.2, 0) is 9.59 Å². The molecule has 0 aromatic rings. The van der Waals surface area contributed by atoms with Gasteiger partial charge in [-0.25, -0.2) is 9.18 Å². The summed E-state index contributed by atoms with van der Waals surface area (Å²) >= 11 is 0. The van der Waals surface area contributed by atoms with Crippen LogP contribution >= 0.6 is 0 Å². The van der Waals surface area contributed by atoms with Crippen molar-refractivity contribution in [2.45, 2.75) is 46.2 Å². The van der Waals surface area contributed by atoms with Gasteiger partial charge in [-0.15, -0.1) is 0 Å². The highest BCUT2D eigenvalue weighted by Gasteiger charge is 2.57. The summed E-state index contributed by atoms with van der Waals surface area (Å²) in [5.41, 5.74) is 2.17. The van der Waals surface area contributed by atoms with Gasteiger partial charge in [0.2, 0.25) is 0 Å².